The van der Waals surface area contributed by atoms with Crippen LogP contribution in [0.25, 0.3) is 0 Å². The molecule has 18 heavy (non-hydrogen) atoms. The molecule has 2 atom stereocenters. The van der Waals surface area contributed by atoms with Crippen LogP contribution in [0.3, 0.4) is 0 Å². The number of hydrogen-bond donors (Lipinski definition) is 2. The molecule has 5 nitrogen and oxygen atoms in total. The van der Waals surface area contributed by atoms with Gasteiger partial charge in [-0.25, -0.2) is 0 Å². The molecular weight excluding hydrogens is 232 g/mol. The zero-order valence-electron chi connectivity index (χ0n) is 11.2. The number of nitrogens with one attached hydrogen (secondary N) is 1. The van der Waals surface area contributed by atoms with Crippen LogP contribution in [0.2, 0.25) is 0 Å². The molecule has 1 rings (SSSR count). The maximum Gasteiger partial charge on any atom is 0.260 e. The minimum absolute atomic E-state index is 0.178. The third kappa shape index (κ3) is 3.37. The van der Waals surface area contributed by atoms with Crippen LogP contribution < -0.4 is 20.5 Å². The van der Waals surface area contributed by atoms with Gasteiger partial charge in [0.2, 0.25) is 0 Å². The van der Waals surface area contributed by atoms with Gasteiger partial charge in [0.05, 0.1) is 7.11 Å². The van der Waals surface area contributed by atoms with Crippen molar-refractivity contribution in [2.24, 2.45) is 5.73 Å². The first-order valence-electron chi connectivity index (χ1n) is 5.81. The molecule has 1 unspecified atom stereocenters. The van der Waals surface area contributed by atoms with Gasteiger partial charge >= 0.3 is 0 Å². The maximum absolute atomic E-state index is 11.5. The summed E-state index contributed by atoms with van der Waals surface area (Å²) < 4.78 is 10.8. The Morgan fingerprint density at radius 1 is 1.39 bits per heavy atom. The number of carbonyl (C=O) groups excluding carboxylic acids is 1. The molecule has 0 aromatic heterocycles. The van der Waals surface area contributed by atoms with E-state index in [9.17, 15) is 4.79 Å². The van der Waals surface area contributed by atoms with E-state index in [4.69, 9.17) is 15.2 Å². The van der Waals surface area contributed by atoms with E-state index in [-0.39, 0.29) is 11.9 Å². The van der Waals surface area contributed by atoms with Gasteiger partial charge in [-0.05, 0) is 19.9 Å². The Kier molecular flexibility index (Phi) is 4.97. The van der Waals surface area contributed by atoms with E-state index in [1.54, 1.807) is 27.1 Å². The Morgan fingerprint density at radius 3 is 2.56 bits per heavy atom. The molecule has 0 spiro atoms. The van der Waals surface area contributed by atoms with Gasteiger partial charge in [-0.15, -0.1) is 0 Å². The highest BCUT2D eigenvalue weighted by Gasteiger charge is 2.16. The molecule has 1 aromatic carbocycles. The lowest BCUT2D eigenvalue weighted by molar-refractivity contribution is -0.126. The van der Waals surface area contributed by atoms with Gasteiger partial charge in [0.15, 0.2) is 6.10 Å². The second-order valence-electron chi connectivity index (χ2n) is 4.07. The minimum atomic E-state index is -0.584. The number of hydrogen-bond acceptors (Lipinski definition) is 4. The zero-order chi connectivity index (χ0) is 13.7. The van der Waals surface area contributed by atoms with E-state index < -0.39 is 6.10 Å². The quantitative estimate of drug-likeness (QED) is 0.826. The summed E-state index contributed by atoms with van der Waals surface area (Å²) in [7, 11) is 3.15. The minimum Gasteiger partial charge on any atom is -0.497 e. The number of likely N-dealkylation sites (N-methyl/N-ethyl adjacent to an activating group) is 1. The van der Waals surface area contributed by atoms with E-state index in [0.29, 0.717) is 11.5 Å². The summed E-state index contributed by atoms with van der Waals surface area (Å²) in [6, 6.07) is 5.21. The number of amides is 1. The van der Waals surface area contributed by atoms with Crippen LogP contribution in [0.5, 0.6) is 11.5 Å². The van der Waals surface area contributed by atoms with Crippen molar-refractivity contribution >= 4 is 5.91 Å². The van der Waals surface area contributed by atoms with Crippen LogP contribution in [0, 0.1) is 0 Å². The van der Waals surface area contributed by atoms with E-state index in [1.807, 2.05) is 19.1 Å². The van der Waals surface area contributed by atoms with Crippen LogP contribution in [0.1, 0.15) is 25.5 Å². The highest BCUT2D eigenvalue weighted by atomic mass is 16.5. The molecule has 0 aliphatic rings. The van der Waals surface area contributed by atoms with Crippen LogP contribution in [-0.4, -0.2) is 26.2 Å². The maximum atomic E-state index is 11.5. The van der Waals surface area contributed by atoms with Crippen LogP contribution >= 0.6 is 0 Å². The van der Waals surface area contributed by atoms with Crippen molar-refractivity contribution in [3.63, 3.8) is 0 Å². The molecule has 0 saturated carbocycles. The first kappa shape index (κ1) is 14.3. The summed E-state index contributed by atoms with van der Waals surface area (Å²) in [5.74, 6) is 1.05. The van der Waals surface area contributed by atoms with Gasteiger partial charge in [-0.1, -0.05) is 6.07 Å². The van der Waals surface area contributed by atoms with Gasteiger partial charge in [-0.2, -0.15) is 0 Å². The highest BCUT2D eigenvalue weighted by molar-refractivity contribution is 5.80. The standard InChI is InChI=1S/C13H20N2O3/c1-8(14)11-6-5-10(17-4)7-12(11)18-9(2)13(16)15-3/h5-9H,14H2,1-4H3,(H,15,16)/t8-,9?/m1/s1. The number of nitrogens with two attached hydrogens (primary N) is 1. The molecule has 0 aliphatic carbocycles. The normalized spacial score (nSPS) is 13.6. The fourth-order valence-electron chi connectivity index (χ4n) is 1.57. The molecule has 1 amide bonds. The monoisotopic (exact) mass is 252 g/mol. The van der Waals surface area contributed by atoms with Crippen molar-refractivity contribution in [2.75, 3.05) is 14.2 Å². The summed E-state index contributed by atoms with van der Waals surface area (Å²) in [4.78, 5) is 11.5. The largest absolute Gasteiger partial charge is 0.497 e. The van der Waals surface area contributed by atoms with E-state index in [1.165, 1.54) is 0 Å². The van der Waals surface area contributed by atoms with Crippen molar-refractivity contribution in [1.29, 1.82) is 0 Å². The lowest BCUT2D eigenvalue weighted by Crippen LogP contribution is -2.34. The average molecular weight is 252 g/mol. The van der Waals surface area contributed by atoms with Crippen molar-refractivity contribution in [3.8, 4) is 11.5 Å². The fourth-order valence-corrected chi connectivity index (χ4v) is 1.57. The predicted molar refractivity (Wildman–Crippen MR) is 69.8 cm³/mol. The third-order valence-corrected chi connectivity index (χ3v) is 2.63. The number of ether oxygens (including phenoxy) is 2. The number of methoxy groups -OCH3 is 1. The fraction of sp³-hybridized carbons (Fsp3) is 0.462. The highest BCUT2D eigenvalue weighted by Crippen LogP contribution is 2.29. The molecule has 0 bridgehead atoms. The molecule has 3 N–H and O–H groups in total. The van der Waals surface area contributed by atoms with E-state index >= 15 is 0 Å². The first-order valence-corrected chi connectivity index (χ1v) is 5.81. The number of benzene rings is 1. The molecule has 5 heteroatoms. The molecule has 0 radical (unpaired) electrons. The summed E-state index contributed by atoms with van der Waals surface area (Å²) >= 11 is 0. The Bertz CT molecular complexity index is 419. The number of carbonyl (C=O) groups is 1. The average Bonchev–Trinajstić information content (AvgIpc) is 2.37. The SMILES string of the molecule is CNC(=O)C(C)Oc1cc(OC)ccc1[C@@H](C)N. The molecule has 0 fully saturated rings. The molecular formula is C13H20N2O3. The van der Waals surface area contributed by atoms with Crippen LogP contribution in [-0.2, 0) is 4.79 Å². The second kappa shape index (κ2) is 6.26. The zero-order valence-corrected chi connectivity index (χ0v) is 11.2. The van der Waals surface area contributed by atoms with Crippen molar-refractivity contribution < 1.29 is 14.3 Å². The topological polar surface area (TPSA) is 73.6 Å². The molecule has 100 valence electrons. The van der Waals surface area contributed by atoms with Gasteiger partial charge < -0.3 is 20.5 Å². The summed E-state index contributed by atoms with van der Waals surface area (Å²) in [6.07, 6.45) is -0.584. The molecule has 1 aromatic rings. The van der Waals surface area contributed by atoms with E-state index in [0.717, 1.165) is 5.56 Å². The Hall–Kier alpha value is -1.75. The summed E-state index contributed by atoms with van der Waals surface area (Å²) in [6.45, 7) is 3.54. The smallest absolute Gasteiger partial charge is 0.260 e. The van der Waals surface area contributed by atoms with Crippen molar-refractivity contribution in [1.82, 2.24) is 5.32 Å². The molecule has 0 saturated heterocycles. The Labute approximate surface area is 107 Å². The van der Waals surface area contributed by atoms with Gasteiger partial charge in [-0.3, -0.25) is 4.79 Å². The molecule has 0 aliphatic heterocycles. The van der Waals surface area contributed by atoms with Gasteiger partial charge in [0.25, 0.3) is 5.91 Å². The second-order valence-corrected chi connectivity index (χ2v) is 4.07. The Morgan fingerprint density at radius 2 is 2.06 bits per heavy atom. The van der Waals surface area contributed by atoms with E-state index in [2.05, 4.69) is 5.32 Å². The van der Waals surface area contributed by atoms with Gasteiger partial charge in [0, 0.05) is 24.7 Å². The summed E-state index contributed by atoms with van der Waals surface area (Å²) in [5.41, 5.74) is 6.71. The van der Waals surface area contributed by atoms with Crippen molar-refractivity contribution in [2.45, 2.75) is 26.0 Å². The lowest BCUT2D eigenvalue weighted by atomic mass is 10.1. The van der Waals surface area contributed by atoms with Crippen molar-refractivity contribution in [3.05, 3.63) is 23.8 Å². The first-order chi connectivity index (χ1) is 8.49. The van der Waals surface area contributed by atoms with Crippen LogP contribution in [0.4, 0.5) is 0 Å². The van der Waals surface area contributed by atoms with Gasteiger partial charge in [0.1, 0.15) is 11.5 Å². The third-order valence-electron chi connectivity index (χ3n) is 2.63. The predicted octanol–water partition coefficient (Wildman–Crippen LogP) is 1.23. The number of rotatable bonds is 5. The summed E-state index contributed by atoms with van der Waals surface area (Å²) in [5, 5.41) is 2.54. The molecule has 0 heterocycles. The lowest BCUT2D eigenvalue weighted by Gasteiger charge is -2.18. The van der Waals surface area contributed by atoms with Crippen LogP contribution in [0.15, 0.2) is 18.2 Å². The Balaban J connectivity index is 3.00.